The Morgan fingerprint density at radius 1 is 1.08 bits per heavy atom. The summed E-state index contributed by atoms with van der Waals surface area (Å²) in [5.41, 5.74) is 3.39. The molecule has 2 heterocycles. The number of nitrogens with zero attached hydrogens (tertiary/aromatic N) is 3. The summed E-state index contributed by atoms with van der Waals surface area (Å²) in [6, 6.07) is 17.8. The number of morpholine rings is 1. The van der Waals surface area contributed by atoms with Crippen LogP contribution in [-0.4, -0.2) is 69.5 Å². The van der Waals surface area contributed by atoms with Crippen LogP contribution in [-0.2, 0) is 4.74 Å². The molecule has 1 N–H and O–H groups in total. The molecule has 1 amide bonds. The van der Waals surface area contributed by atoms with Crippen LogP contribution in [0.25, 0.3) is 11.3 Å². The van der Waals surface area contributed by atoms with E-state index in [1.54, 1.807) is 6.07 Å². The number of amides is 1. The van der Waals surface area contributed by atoms with E-state index < -0.39 is 0 Å². The number of nitrogens with one attached hydrogen (secondary N) is 1. The van der Waals surface area contributed by atoms with E-state index in [4.69, 9.17) is 14.0 Å². The highest BCUT2D eigenvalue weighted by Gasteiger charge is 2.24. The lowest BCUT2D eigenvalue weighted by Gasteiger charge is -2.35. The van der Waals surface area contributed by atoms with E-state index >= 15 is 0 Å². The van der Waals surface area contributed by atoms with Crippen LogP contribution in [0.3, 0.4) is 0 Å². The molecule has 1 unspecified atom stereocenters. The molecule has 1 aliphatic rings. The number of anilines is 1. The van der Waals surface area contributed by atoms with Gasteiger partial charge in [0.1, 0.15) is 5.75 Å². The number of rotatable bonds is 10. The molecule has 0 spiro atoms. The highest BCUT2D eigenvalue weighted by atomic mass is 16.5. The van der Waals surface area contributed by atoms with Crippen LogP contribution < -0.4 is 15.0 Å². The Hall–Kier alpha value is -3.36. The van der Waals surface area contributed by atoms with Gasteiger partial charge >= 0.3 is 0 Å². The van der Waals surface area contributed by atoms with Gasteiger partial charge in [0.05, 0.1) is 25.9 Å². The van der Waals surface area contributed by atoms with Gasteiger partial charge in [0, 0.05) is 51.0 Å². The summed E-state index contributed by atoms with van der Waals surface area (Å²) < 4.78 is 16.7. The van der Waals surface area contributed by atoms with Crippen LogP contribution >= 0.6 is 0 Å². The van der Waals surface area contributed by atoms with Crippen molar-refractivity contribution in [2.45, 2.75) is 19.9 Å². The zero-order valence-electron chi connectivity index (χ0n) is 21.6. The zero-order valence-corrected chi connectivity index (χ0v) is 21.6. The maximum absolute atomic E-state index is 13.0. The normalized spacial score (nSPS) is 15.0. The first-order valence-electron chi connectivity index (χ1n) is 12.5. The number of carbonyl (C=O) groups excluding carboxylic acids is 1. The first kappa shape index (κ1) is 25.7. The molecule has 1 saturated heterocycles. The molecule has 1 fully saturated rings. The summed E-state index contributed by atoms with van der Waals surface area (Å²) in [5.74, 6) is 1.54. The van der Waals surface area contributed by atoms with Crippen LogP contribution in [0.15, 0.2) is 59.1 Å². The highest BCUT2D eigenvalue weighted by Crippen LogP contribution is 2.25. The van der Waals surface area contributed by atoms with Gasteiger partial charge in [-0.05, 0) is 47.9 Å². The fraction of sp³-hybridized carbons (Fsp3) is 0.429. The maximum Gasteiger partial charge on any atom is 0.273 e. The Bertz CT molecular complexity index is 1100. The Morgan fingerprint density at radius 2 is 1.78 bits per heavy atom. The molecule has 4 rings (SSSR count). The van der Waals surface area contributed by atoms with E-state index in [1.807, 2.05) is 38.4 Å². The topological polar surface area (TPSA) is 80.1 Å². The van der Waals surface area contributed by atoms with Crippen LogP contribution in [0.5, 0.6) is 5.75 Å². The Balaban J connectivity index is 1.41. The molecule has 0 bridgehead atoms. The number of carbonyl (C=O) groups is 1. The number of hydrogen-bond acceptors (Lipinski definition) is 7. The fourth-order valence-corrected chi connectivity index (χ4v) is 4.12. The molecule has 3 aromatic rings. The van der Waals surface area contributed by atoms with Gasteiger partial charge in [-0.1, -0.05) is 31.1 Å². The quantitative estimate of drug-likeness (QED) is 0.453. The molecular formula is C28H36N4O4. The Kier molecular flexibility index (Phi) is 8.61. The molecule has 0 radical (unpaired) electrons. The van der Waals surface area contributed by atoms with Gasteiger partial charge in [-0.25, -0.2) is 0 Å². The van der Waals surface area contributed by atoms with Crippen molar-refractivity contribution in [1.82, 2.24) is 15.4 Å². The third-order valence-electron chi connectivity index (χ3n) is 6.20. The summed E-state index contributed by atoms with van der Waals surface area (Å²) in [7, 11) is 4.05. The lowest BCUT2D eigenvalue weighted by atomic mass is 10.0. The molecule has 2 aromatic carbocycles. The summed E-state index contributed by atoms with van der Waals surface area (Å²) in [6.45, 7) is 8.37. The maximum atomic E-state index is 13.0. The number of benzene rings is 2. The van der Waals surface area contributed by atoms with Gasteiger partial charge in [0.15, 0.2) is 11.5 Å². The summed E-state index contributed by atoms with van der Waals surface area (Å²) >= 11 is 0. The SMILES string of the molecule is CC(C)COc1ccc(-c2cc(C(=O)NCC(c3ccc(N(C)C)cc3)N3CCOCC3)no2)cc1. The van der Waals surface area contributed by atoms with Crippen LogP contribution in [0.2, 0.25) is 0 Å². The van der Waals surface area contributed by atoms with E-state index in [2.05, 4.69) is 58.4 Å². The lowest BCUT2D eigenvalue weighted by molar-refractivity contribution is 0.0162. The van der Waals surface area contributed by atoms with E-state index in [0.717, 1.165) is 35.7 Å². The molecule has 0 saturated carbocycles. The summed E-state index contributed by atoms with van der Waals surface area (Å²) in [5, 5.41) is 7.07. The van der Waals surface area contributed by atoms with Crippen molar-refractivity contribution >= 4 is 11.6 Å². The number of aromatic nitrogens is 1. The van der Waals surface area contributed by atoms with Crippen LogP contribution in [0.1, 0.15) is 35.9 Å². The zero-order chi connectivity index (χ0) is 25.5. The second-order valence-corrected chi connectivity index (χ2v) is 9.67. The van der Waals surface area contributed by atoms with Crippen molar-refractivity contribution in [3.05, 3.63) is 65.9 Å². The van der Waals surface area contributed by atoms with Crippen LogP contribution in [0.4, 0.5) is 5.69 Å². The Morgan fingerprint density at radius 3 is 2.42 bits per heavy atom. The number of hydrogen-bond donors (Lipinski definition) is 1. The van der Waals surface area contributed by atoms with E-state index in [9.17, 15) is 4.79 Å². The minimum absolute atomic E-state index is 0.0406. The monoisotopic (exact) mass is 492 g/mol. The minimum atomic E-state index is -0.259. The first-order chi connectivity index (χ1) is 17.4. The van der Waals surface area contributed by atoms with Crippen molar-refractivity contribution in [3.8, 4) is 17.1 Å². The summed E-state index contributed by atoms with van der Waals surface area (Å²) in [4.78, 5) is 17.4. The van der Waals surface area contributed by atoms with Crippen LogP contribution in [0, 0.1) is 5.92 Å². The largest absolute Gasteiger partial charge is 0.493 e. The predicted molar refractivity (Wildman–Crippen MR) is 141 cm³/mol. The van der Waals surface area contributed by atoms with Gasteiger partial charge in [-0.2, -0.15) is 0 Å². The molecule has 1 aliphatic heterocycles. The van der Waals surface area contributed by atoms with Crippen molar-refractivity contribution < 1.29 is 18.8 Å². The van der Waals surface area contributed by atoms with Crippen molar-refractivity contribution in [3.63, 3.8) is 0 Å². The first-order valence-corrected chi connectivity index (χ1v) is 12.5. The molecule has 8 nitrogen and oxygen atoms in total. The minimum Gasteiger partial charge on any atom is -0.493 e. The van der Waals surface area contributed by atoms with Crippen molar-refractivity contribution in [1.29, 1.82) is 0 Å². The third-order valence-corrected chi connectivity index (χ3v) is 6.20. The molecule has 1 atom stereocenters. The van der Waals surface area contributed by atoms with E-state index in [0.29, 0.717) is 38.0 Å². The standard InChI is InChI=1S/C28H36N4O4/c1-20(2)19-35-24-11-7-22(8-12-24)27-17-25(30-36-27)28(33)29-18-26(32-13-15-34-16-14-32)21-5-9-23(10-6-21)31(3)4/h5-12,17,20,26H,13-16,18-19H2,1-4H3,(H,29,33). The molecule has 36 heavy (non-hydrogen) atoms. The Labute approximate surface area is 213 Å². The molecule has 8 heteroatoms. The average molecular weight is 493 g/mol. The van der Waals surface area contributed by atoms with Crippen molar-refractivity contribution in [2.24, 2.45) is 5.92 Å². The lowest BCUT2D eigenvalue weighted by Crippen LogP contribution is -2.43. The van der Waals surface area contributed by atoms with E-state index in [1.165, 1.54) is 0 Å². The highest BCUT2D eigenvalue weighted by molar-refractivity contribution is 5.93. The van der Waals surface area contributed by atoms with Gasteiger partial charge in [-0.15, -0.1) is 0 Å². The van der Waals surface area contributed by atoms with Gasteiger partial charge in [0.25, 0.3) is 5.91 Å². The van der Waals surface area contributed by atoms with Gasteiger partial charge in [0.2, 0.25) is 0 Å². The molecular weight excluding hydrogens is 456 g/mol. The van der Waals surface area contributed by atoms with Gasteiger partial charge < -0.3 is 24.2 Å². The second-order valence-electron chi connectivity index (χ2n) is 9.67. The average Bonchev–Trinajstić information content (AvgIpc) is 3.39. The fourth-order valence-electron chi connectivity index (χ4n) is 4.12. The predicted octanol–water partition coefficient (Wildman–Crippen LogP) is 4.25. The smallest absolute Gasteiger partial charge is 0.273 e. The molecule has 1 aromatic heterocycles. The number of ether oxygens (including phenoxy) is 2. The van der Waals surface area contributed by atoms with E-state index in [-0.39, 0.29) is 17.6 Å². The third kappa shape index (κ3) is 6.65. The molecule has 192 valence electrons. The second kappa shape index (κ2) is 12.1. The van der Waals surface area contributed by atoms with Crippen molar-refractivity contribution in [2.75, 3.05) is 58.5 Å². The summed E-state index contributed by atoms with van der Waals surface area (Å²) in [6.07, 6.45) is 0. The van der Waals surface area contributed by atoms with Gasteiger partial charge in [-0.3, -0.25) is 9.69 Å². The molecule has 0 aliphatic carbocycles.